The van der Waals surface area contributed by atoms with Crippen LogP contribution in [0.15, 0.2) is 12.7 Å². The summed E-state index contributed by atoms with van der Waals surface area (Å²) in [4.78, 5) is 13.7. The maximum atomic E-state index is 12.0. The lowest BCUT2D eigenvalue weighted by molar-refractivity contribution is 0.0244. The SMILES string of the molecule is C=C[C@@H]1C[C@H](COC)CN1C(=O)OC(C)(C)C. The summed E-state index contributed by atoms with van der Waals surface area (Å²) in [7, 11) is 1.68. The Balaban J connectivity index is 2.62. The van der Waals surface area contributed by atoms with Gasteiger partial charge in [0.1, 0.15) is 5.60 Å². The number of nitrogens with zero attached hydrogens (tertiary/aromatic N) is 1. The third-order valence-electron chi connectivity index (χ3n) is 2.73. The minimum Gasteiger partial charge on any atom is -0.444 e. The lowest BCUT2D eigenvalue weighted by atomic mass is 10.1. The fourth-order valence-corrected chi connectivity index (χ4v) is 2.07. The van der Waals surface area contributed by atoms with Crippen molar-refractivity contribution in [2.75, 3.05) is 20.3 Å². The van der Waals surface area contributed by atoms with Crippen molar-refractivity contribution in [3.8, 4) is 0 Å². The van der Waals surface area contributed by atoms with Gasteiger partial charge in [0, 0.05) is 19.6 Å². The number of amides is 1. The molecule has 1 aliphatic rings. The van der Waals surface area contributed by atoms with E-state index in [4.69, 9.17) is 9.47 Å². The van der Waals surface area contributed by atoms with Crippen LogP contribution in [0.4, 0.5) is 4.79 Å². The van der Waals surface area contributed by atoms with Gasteiger partial charge in [-0.1, -0.05) is 6.08 Å². The molecule has 1 amide bonds. The molecule has 0 aromatic carbocycles. The minimum absolute atomic E-state index is 0.0602. The molecule has 0 unspecified atom stereocenters. The van der Waals surface area contributed by atoms with E-state index in [1.165, 1.54) is 0 Å². The highest BCUT2D eigenvalue weighted by atomic mass is 16.6. The van der Waals surface area contributed by atoms with Gasteiger partial charge in [-0.2, -0.15) is 0 Å². The summed E-state index contributed by atoms with van der Waals surface area (Å²) in [6, 6.07) is 0.0602. The van der Waals surface area contributed by atoms with Gasteiger partial charge in [0.2, 0.25) is 0 Å². The summed E-state index contributed by atoms with van der Waals surface area (Å²) in [6.07, 6.45) is 2.44. The highest BCUT2D eigenvalue weighted by Gasteiger charge is 2.35. The van der Waals surface area contributed by atoms with Gasteiger partial charge in [0.25, 0.3) is 0 Å². The van der Waals surface area contributed by atoms with Gasteiger partial charge in [-0.3, -0.25) is 0 Å². The van der Waals surface area contributed by atoms with Crippen molar-refractivity contribution < 1.29 is 14.3 Å². The first-order chi connectivity index (χ1) is 7.87. The number of hydrogen-bond donors (Lipinski definition) is 0. The molecule has 0 spiro atoms. The third-order valence-corrected chi connectivity index (χ3v) is 2.73. The van der Waals surface area contributed by atoms with Crippen LogP contribution in [-0.2, 0) is 9.47 Å². The van der Waals surface area contributed by atoms with Crippen molar-refractivity contribution in [1.29, 1.82) is 0 Å². The molecule has 0 saturated carbocycles. The number of carbonyl (C=O) groups excluding carboxylic acids is 1. The molecule has 4 heteroatoms. The largest absolute Gasteiger partial charge is 0.444 e. The first-order valence-electron chi connectivity index (χ1n) is 5.98. The summed E-state index contributed by atoms with van der Waals surface area (Å²) in [6.45, 7) is 10.7. The Hall–Kier alpha value is -1.03. The molecule has 4 nitrogen and oxygen atoms in total. The number of hydrogen-bond acceptors (Lipinski definition) is 3. The molecular weight excluding hydrogens is 218 g/mol. The Morgan fingerprint density at radius 1 is 1.53 bits per heavy atom. The summed E-state index contributed by atoms with van der Waals surface area (Å²) in [5, 5.41) is 0. The predicted octanol–water partition coefficient (Wildman–Crippen LogP) is 2.44. The van der Waals surface area contributed by atoms with Crippen LogP contribution in [0.2, 0.25) is 0 Å². The van der Waals surface area contributed by atoms with Gasteiger partial charge in [-0.05, 0) is 27.2 Å². The van der Waals surface area contributed by atoms with Crippen LogP contribution in [0.1, 0.15) is 27.2 Å². The van der Waals surface area contributed by atoms with Gasteiger partial charge >= 0.3 is 6.09 Å². The molecule has 2 atom stereocenters. The summed E-state index contributed by atoms with van der Waals surface area (Å²) in [5.74, 6) is 0.371. The van der Waals surface area contributed by atoms with Crippen molar-refractivity contribution in [2.24, 2.45) is 5.92 Å². The van der Waals surface area contributed by atoms with Crippen molar-refractivity contribution in [1.82, 2.24) is 4.90 Å². The minimum atomic E-state index is -0.456. The maximum Gasteiger partial charge on any atom is 0.410 e. The van der Waals surface area contributed by atoms with Gasteiger partial charge < -0.3 is 14.4 Å². The molecule has 0 bridgehead atoms. The zero-order valence-electron chi connectivity index (χ0n) is 11.2. The highest BCUT2D eigenvalue weighted by Crippen LogP contribution is 2.26. The summed E-state index contributed by atoms with van der Waals surface area (Å²) < 4.78 is 10.5. The first kappa shape index (κ1) is 14.0. The monoisotopic (exact) mass is 241 g/mol. The molecule has 1 heterocycles. The zero-order valence-corrected chi connectivity index (χ0v) is 11.2. The van der Waals surface area contributed by atoms with Crippen LogP contribution in [-0.4, -0.2) is 42.9 Å². The topological polar surface area (TPSA) is 38.8 Å². The Kier molecular flexibility index (Phi) is 4.57. The molecule has 0 N–H and O–H groups in total. The zero-order chi connectivity index (χ0) is 13.1. The number of likely N-dealkylation sites (tertiary alicyclic amines) is 1. The Labute approximate surface area is 104 Å². The average Bonchev–Trinajstić information content (AvgIpc) is 2.59. The molecule has 0 aliphatic carbocycles. The molecule has 0 aromatic heterocycles. The van der Waals surface area contributed by atoms with E-state index in [9.17, 15) is 4.79 Å². The lowest BCUT2D eigenvalue weighted by Crippen LogP contribution is -2.39. The molecular formula is C13H23NO3. The summed E-state index contributed by atoms with van der Waals surface area (Å²) in [5.41, 5.74) is -0.456. The number of rotatable bonds is 3. The van der Waals surface area contributed by atoms with Gasteiger partial charge in [0.05, 0.1) is 12.6 Å². The molecule has 0 aromatic rings. The van der Waals surface area contributed by atoms with E-state index in [0.29, 0.717) is 19.1 Å². The van der Waals surface area contributed by atoms with E-state index in [1.807, 2.05) is 20.8 Å². The van der Waals surface area contributed by atoms with Gasteiger partial charge in [-0.15, -0.1) is 6.58 Å². The van der Waals surface area contributed by atoms with Crippen LogP contribution in [0.25, 0.3) is 0 Å². The predicted molar refractivity (Wildman–Crippen MR) is 66.9 cm³/mol. The van der Waals surface area contributed by atoms with E-state index < -0.39 is 5.60 Å². The van der Waals surface area contributed by atoms with Crippen LogP contribution < -0.4 is 0 Å². The smallest absolute Gasteiger partial charge is 0.410 e. The molecule has 1 saturated heterocycles. The molecule has 0 radical (unpaired) electrons. The second kappa shape index (κ2) is 5.54. The van der Waals surface area contributed by atoms with Crippen LogP contribution in [0.3, 0.4) is 0 Å². The van der Waals surface area contributed by atoms with Crippen molar-refractivity contribution in [2.45, 2.75) is 38.8 Å². The van der Waals surface area contributed by atoms with E-state index >= 15 is 0 Å². The van der Waals surface area contributed by atoms with E-state index in [-0.39, 0.29) is 12.1 Å². The molecule has 17 heavy (non-hydrogen) atoms. The van der Waals surface area contributed by atoms with Crippen LogP contribution in [0.5, 0.6) is 0 Å². The molecule has 98 valence electrons. The average molecular weight is 241 g/mol. The van der Waals surface area contributed by atoms with Gasteiger partial charge in [-0.25, -0.2) is 4.79 Å². The summed E-state index contributed by atoms with van der Waals surface area (Å²) >= 11 is 0. The van der Waals surface area contributed by atoms with E-state index in [2.05, 4.69) is 6.58 Å². The Morgan fingerprint density at radius 3 is 2.65 bits per heavy atom. The van der Waals surface area contributed by atoms with Crippen molar-refractivity contribution in [3.63, 3.8) is 0 Å². The number of ether oxygens (including phenoxy) is 2. The second-order valence-corrected chi connectivity index (χ2v) is 5.49. The fourth-order valence-electron chi connectivity index (χ4n) is 2.07. The van der Waals surface area contributed by atoms with Crippen molar-refractivity contribution in [3.05, 3.63) is 12.7 Å². The Morgan fingerprint density at radius 2 is 2.18 bits per heavy atom. The van der Waals surface area contributed by atoms with Crippen LogP contribution in [0, 0.1) is 5.92 Å². The Bertz CT molecular complexity index is 283. The number of methoxy groups -OCH3 is 1. The van der Waals surface area contributed by atoms with Gasteiger partial charge in [0.15, 0.2) is 0 Å². The third kappa shape index (κ3) is 4.04. The highest BCUT2D eigenvalue weighted by molar-refractivity contribution is 5.69. The maximum absolute atomic E-state index is 12.0. The number of carbonyl (C=O) groups is 1. The standard InChI is InChI=1S/C13H23NO3/c1-6-11-7-10(9-16-5)8-14(11)12(15)17-13(2,3)4/h6,10-11H,1,7-9H2,2-5H3/t10-,11+/m0/s1. The van der Waals surface area contributed by atoms with E-state index in [1.54, 1.807) is 18.1 Å². The van der Waals surface area contributed by atoms with E-state index in [0.717, 1.165) is 6.42 Å². The van der Waals surface area contributed by atoms with Crippen LogP contribution >= 0.6 is 0 Å². The molecule has 1 fully saturated rings. The normalized spacial score (nSPS) is 24.8. The quantitative estimate of drug-likeness (QED) is 0.712. The van der Waals surface area contributed by atoms with Crippen molar-refractivity contribution >= 4 is 6.09 Å². The fraction of sp³-hybridized carbons (Fsp3) is 0.769. The lowest BCUT2D eigenvalue weighted by Gasteiger charge is -2.27. The molecule has 1 aliphatic heterocycles. The molecule has 1 rings (SSSR count). The first-order valence-corrected chi connectivity index (χ1v) is 5.98. The second-order valence-electron chi connectivity index (χ2n) is 5.49.